The molecule has 3 heteroatoms. The third-order valence-corrected chi connectivity index (χ3v) is 7.78. The molecule has 0 atom stereocenters. The van der Waals surface area contributed by atoms with E-state index in [9.17, 15) is 0 Å². The number of nitrogens with two attached hydrogens (primary N) is 1. The molecule has 0 amide bonds. The third kappa shape index (κ3) is 1.96. The second kappa shape index (κ2) is 4.69. The minimum atomic E-state index is 0.287. The first-order chi connectivity index (χ1) is 9.95. The predicted octanol–water partition coefficient (Wildman–Crippen LogP) is 2.17. The predicted molar refractivity (Wildman–Crippen MR) is 87.1 cm³/mol. The van der Waals surface area contributed by atoms with E-state index >= 15 is 0 Å². The minimum Gasteiger partial charge on any atom is -0.329 e. The van der Waals surface area contributed by atoms with Crippen LogP contribution in [0, 0.1) is 23.7 Å². The van der Waals surface area contributed by atoms with Gasteiger partial charge in [0.25, 0.3) is 0 Å². The average Bonchev–Trinajstić information content (AvgIpc) is 2.42. The molecule has 1 heterocycles. The quantitative estimate of drug-likeness (QED) is 0.846. The lowest BCUT2D eigenvalue weighted by atomic mass is 9.48. The lowest BCUT2D eigenvalue weighted by Gasteiger charge is -2.66. The maximum absolute atomic E-state index is 6.49. The number of hydrogen-bond donors (Lipinski definition) is 1. The van der Waals surface area contributed by atoms with Crippen LogP contribution < -0.4 is 5.73 Å². The van der Waals surface area contributed by atoms with Crippen molar-refractivity contribution in [1.29, 1.82) is 0 Å². The molecule has 4 aliphatic carbocycles. The lowest BCUT2D eigenvalue weighted by molar-refractivity contribution is -0.153. The van der Waals surface area contributed by atoms with Gasteiger partial charge in [0.05, 0.1) is 0 Å². The van der Waals surface area contributed by atoms with Gasteiger partial charge in [0.2, 0.25) is 0 Å². The summed E-state index contributed by atoms with van der Waals surface area (Å²) in [6, 6.07) is 0. The third-order valence-electron chi connectivity index (χ3n) is 7.78. The molecular formula is C18H33N3. The van der Waals surface area contributed by atoms with Crippen LogP contribution in [0.2, 0.25) is 0 Å². The van der Waals surface area contributed by atoms with E-state index in [4.69, 9.17) is 5.73 Å². The topological polar surface area (TPSA) is 32.5 Å². The Morgan fingerprint density at radius 3 is 2.00 bits per heavy atom. The largest absolute Gasteiger partial charge is 0.329 e. The molecule has 21 heavy (non-hydrogen) atoms. The van der Waals surface area contributed by atoms with Crippen LogP contribution in [0.25, 0.3) is 0 Å². The van der Waals surface area contributed by atoms with Crippen LogP contribution in [-0.2, 0) is 0 Å². The lowest BCUT2D eigenvalue weighted by Crippen LogP contribution is -2.73. The van der Waals surface area contributed by atoms with Gasteiger partial charge in [0, 0.05) is 37.3 Å². The number of nitrogens with zero attached hydrogens (tertiary/aromatic N) is 2. The van der Waals surface area contributed by atoms with Gasteiger partial charge in [-0.1, -0.05) is 0 Å². The van der Waals surface area contributed by atoms with E-state index in [0.29, 0.717) is 5.54 Å². The monoisotopic (exact) mass is 291 g/mol. The number of piperazine rings is 1. The van der Waals surface area contributed by atoms with Crippen molar-refractivity contribution in [2.75, 3.05) is 33.2 Å². The fourth-order valence-electron chi connectivity index (χ4n) is 6.57. The van der Waals surface area contributed by atoms with E-state index in [1.165, 1.54) is 51.7 Å². The number of likely N-dealkylation sites (N-methyl/N-ethyl adjacent to an activating group) is 1. The molecule has 0 unspecified atom stereocenters. The molecule has 0 spiro atoms. The summed E-state index contributed by atoms with van der Waals surface area (Å²) in [7, 11) is 2.28. The zero-order chi connectivity index (χ0) is 14.8. The van der Waals surface area contributed by atoms with Crippen LogP contribution in [0.1, 0.15) is 46.0 Å². The van der Waals surface area contributed by atoms with Crippen molar-refractivity contribution in [3.05, 3.63) is 0 Å². The summed E-state index contributed by atoms with van der Waals surface area (Å²) in [6.45, 7) is 9.31. The standard InChI is InChI=1S/C18H33N3/c1-17(2)12-21(5-4-20(17)3)18(11-19)15-7-13-6-14(9-15)10-16(18)8-13/h13-16H,4-12,19H2,1-3H3. The highest BCUT2D eigenvalue weighted by molar-refractivity contribution is 5.14. The Kier molecular flexibility index (Phi) is 3.23. The average molecular weight is 291 g/mol. The van der Waals surface area contributed by atoms with E-state index in [-0.39, 0.29) is 5.54 Å². The number of rotatable bonds is 2. The molecule has 4 saturated carbocycles. The first-order valence-corrected chi connectivity index (χ1v) is 9.12. The van der Waals surface area contributed by atoms with Crippen LogP contribution in [0.3, 0.4) is 0 Å². The van der Waals surface area contributed by atoms with Crippen molar-refractivity contribution in [2.24, 2.45) is 29.4 Å². The molecule has 3 nitrogen and oxygen atoms in total. The van der Waals surface area contributed by atoms with Gasteiger partial charge < -0.3 is 5.73 Å². The van der Waals surface area contributed by atoms with E-state index in [1.54, 1.807) is 0 Å². The van der Waals surface area contributed by atoms with Crippen molar-refractivity contribution in [2.45, 2.75) is 57.0 Å². The van der Waals surface area contributed by atoms with Gasteiger partial charge in [0.1, 0.15) is 0 Å². The summed E-state index contributed by atoms with van der Waals surface area (Å²) < 4.78 is 0. The first kappa shape index (κ1) is 14.5. The van der Waals surface area contributed by atoms with Crippen LogP contribution in [-0.4, -0.2) is 54.1 Å². The fourth-order valence-corrected chi connectivity index (χ4v) is 6.57. The molecule has 2 N–H and O–H groups in total. The van der Waals surface area contributed by atoms with Crippen molar-refractivity contribution in [1.82, 2.24) is 9.80 Å². The molecule has 1 aliphatic heterocycles. The Labute approximate surface area is 130 Å². The summed E-state index contributed by atoms with van der Waals surface area (Å²) in [5.41, 5.74) is 7.11. The van der Waals surface area contributed by atoms with E-state index < -0.39 is 0 Å². The van der Waals surface area contributed by atoms with Gasteiger partial charge in [-0.3, -0.25) is 9.80 Å². The second-order valence-electron chi connectivity index (χ2n) is 9.16. The molecule has 1 saturated heterocycles. The van der Waals surface area contributed by atoms with Crippen molar-refractivity contribution < 1.29 is 0 Å². The van der Waals surface area contributed by atoms with E-state index in [1.807, 2.05) is 0 Å². The van der Waals surface area contributed by atoms with Crippen LogP contribution in [0.5, 0.6) is 0 Å². The molecule has 0 aromatic rings. The molecule has 0 aromatic carbocycles. The Bertz CT molecular complexity index is 389. The maximum atomic E-state index is 6.49. The van der Waals surface area contributed by atoms with Crippen molar-refractivity contribution in [3.8, 4) is 0 Å². The molecule has 5 fully saturated rings. The first-order valence-electron chi connectivity index (χ1n) is 9.12. The van der Waals surface area contributed by atoms with Gasteiger partial charge in [0.15, 0.2) is 0 Å². The molecule has 4 bridgehead atoms. The maximum Gasteiger partial charge on any atom is 0.0389 e. The van der Waals surface area contributed by atoms with Gasteiger partial charge in [-0.2, -0.15) is 0 Å². The highest BCUT2D eigenvalue weighted by Gasteiger charge is 2.59. The summed E-state index contributed by atoms with van der Waals surface area (Å²) >= 11 is 0. The zero-order valence-electron chi connectivity index (χ0n) is 14.1. The van der Waals surface area contributed by atoms with E-state index in [0.717, 1.165) is 30.2 Å². The summed E-state index contributed by atoms with van der Waals surface area (Å²) in [5, 5.41) is 0. The normalized spacial score (nSPS) is 49.7. The Morgan fingerprint density at radius 2 is 1.52 bits per heavy atom. The molecule has 5 aliphatic rings. The molecule has 120 valence electrons. The second-order valence-corrected chi connectivity index (χ2v) is 9.16. The Hall–Kier alpha value is -0.120. The Morgan fingerprint density at radius 1 is 0.952 bits per heavy atom. The fraction of sp³-hybridized carbons (Fsp3) is 1.00. The van der Waals surface area contributed by atoms with Crippen LogP contribution >= 0.6 is 0 Å². The van der Waals surface area contributed by atoms with Gasteiger partial charge in [-0.05, 0) is 76.7 Å². The minimum absolute atomic E-state index is 0.287. The summed E-state index contributed by atoms with van der Waals surface area (Å²) in [6.07, 6.45) is 7.41. The van der Waals surface area contributed by atoms with Crippen LogP contribution in [0.4, 0.5) is 0 Å². The number of hydrogen-bond acceptors (Lipinski definition) is 3. The van der Waals surface area contributed by atoms with Gasteiger partial charge >= 0.3 is 0 Å². The van der Waals surface area contributed by atoms with Gasteiger partial charge in [-0.25, -0.2) is 0 Å². The van der Waals surface area contributed by atoms with Crippen LogP contribution in [0.15, 0.2) is 0 Å². The molecular weight excluding hydrogens is 258 g/mol. The SMILES string of the molecule is CN1CCN(C2(CN)C3CC4CC(C3)CC2C4)CC1(C)C. The highest BCUT2D eigenvalue weighted by Crippen LogP contribution is 2.60. The summed E-state index contributed by atoms with van der Waals surface area (Å²) in [4.78, 5) is 5.38. The van der Waals surface area contributed by atoms with E-state index in [2.05, 4.69) is 30.7 Å². The Balaban J connectivity index is 1.65. The summed E-state index contributed by atoms with van der Waals surface area (Å²) in [5.74, 6) is 3.84. The molecule has 0 radical (unpaired) electrons. The van der Waals surface area contributed by atoms with Crippen molar-refractivity contribution >= 4 is 0 Å². The highest BCUT2D eigenvalue weighted by atomic mass is 15.3. The molecule has 5 rings (SSSR count). The zero-order valence-corrected chi connectivity index (χ0v) is 14.1. The smallest absolute Gasteiger partial charge is 0.0389 e. The van der Waals surface area contributed by atoms with Gasteiger partial charge in [-0.15, -0.1) is 0 Å². The van der Waals surface area contributed by atoms with Crippen molar-refractivity contribution in [3.63, 3.8) is 0 Å². The molecule has 0 aromatic heterocycles.